The topological polar surface area (TPSA) is 9.23 Å². The minimum Gasteiger partial charge on any atom is -0.439 e. The van der Waals surface area contributed by atoms with Crippen LogP contribution in [0.15, 0.2) is 0 Å². The predicted octanol–water partition coefficient (Wildman–Crippen LogP) is 1.66. The molecule has 0 N–H and O–H groups in total. The molecule has 0 aromatic rings. The van der Waals surface area contributed by atoms with Gasteiger partial charge in [-0.05, 0) is 0 Å². The maximum Gasteiger partial charge on any atom is 0.292 e. The summed E-state index contributed by atoms with van der Waals surface area (Å²) in [5, 5.41) is 0. The first kappa shape index (κ1) is 7.02. The van der Waals surface area contributed by atoms with Gasteiger partial charge in [0, 0.05) is 7.11 Å². The van der Waals surface area contributed by atoms with Crippen LogP contribution in [0, 0.1) is 0 Å². The molecule has 0 spiro atoms. The Bertz CT molecular complexity index is 29.6. The standard InChI is InChI=1S/C5H13BO/c1-4-6(5-2)7-3/h4-5H2,1-3H3. The van der Waals surface area contributed by atoms with E-state index in [1.165, 1.54) is 0 Å². The molecule has 0 unspecified atom stereocenters. The first-order valence-electron chi connectivity index (χ1n) is 2.87. The molecule has 0 amide bonds. The number of hydrogen-bond acceptors (Lipinski definition) is 1. The molecule has 0 heterocycles. The number of rotatable bonds is 3. The van der Waals surface area contributed by atoms with Gasteiger partial charge in [-0.15, -0.1) is 0 Å². The van der Waals surface area contributed by atoms with Crippen LogP contribution >= 0.6 is 0 Å². The Balaban J connectivity index is 2.99. The van der Waals surface area contributed by atoms with Gasteiger partial charge in [-0.3, -0.25) is 0 Å². The Morgan fingerprint density at radius 3 is 1.71 bits per heavy atom. The Morgan fingerprint density at radius 1 is 1.29 bits per heavy atom. The summed E-state index contributed by atoms with van der Waals surface area (Å²) in [7, 11) is 1.76. The van der Waals surface area contributed by atoms with Crippen LogP contribution in [-0.4, -0.2) is 14.0 Å². The van der Waals surface area contributed by atoms with Crippen LogP contribution in [0.1, 0.15) is 13.8 Å². The van der Waals surface area contributed by atoms with Crippen LogP contribution in [0.5, 0.6) is 0 Å². The minimum absolute atomic E-state index is 0.486. The lowest BCUT2D eigenvalue weighted by Crippen LogP contribution is -2.11. The third kappa shape index (κ3) is 2.69. The van der Waals surface area contributed by atoms with E-state index in [4.69, 9.17) is 4.65 Å². The van der Waals surface area contributed by atoms with Gasteiger partial charge in [0.15, 0.2) is 0 Å². The molecule has 0 aliphatic carbocycles. The maximum atomic E-state index is 5.05. The Hall–Kier alpha value is 0.0249. The fourth-order valence-electron chi connectivity index (χ4n) is 0.622. The van der Waals surface area contributed by atoms with E-state index >= 15 is 0 Å². The molecular formula is C5H13BO. The zero-order chi connectivity index (χ0) is 5.70. The molecule has 0 fully saturated rings. The minimum atomic E-state index is 0.486. The summed E-state index contributed by atoms with van der Waals surface area (Å²) in [6.45, 7) is 4.76. The van der Waals surface area contributed by atoms with Crippen LogP contribution in [-0.2, 0) is 4.65 Å². The summed E-state index contributed by atoms with van der Waals surface area (Å²) in [4.78, 5) is 0. The lowest BCUT2D eigenvalue weighted by atomic mass is 9.63. The van der Waals surface area contributed by atoms with E-state index in [2.05, 4.69) is 13.8 Å². The average Bonchev–Trinajstić information content (AvgIpc) is 1.72. The summed E-state index contributed by atoms with van der Waals surface area (Å²) in [5.41, 5.74) is 0. The molecule has 0 atom stereocenters. The number of hydrogen-bond donors (Lipinski definition) is 0. The van der Waals surface area contributed by atoms with Crippen molar-refractivity contribution in [3.8, 4) is 0 Å². The fourth-order valence-corrected chi connectivity index (χ4v) is 0.622. The van der Waals surface area contributed by atoms with Gasteiger partial charge in [-0.2, -0.15) is 0 Å². The quantitative estimate of drug-likeness (QED) is 0.490. The highest BCUT2D eigenvalue weighted by molar-refractivity contribution is 6.51. The average molecular weight is 100.0 g/mol. The predicted molar refractivity (Wildman–Crippen MR) is 33.7 cm³/mol. The normalized spacial score (nSPS) is 9.00. The zero-order valence-corrected chi connectivity index (χ0v) is 5.40. The van der Waals surface area contributed by atoms with Gasteiger partial charge in [0.1, 0.15) is 0 Å². The highest BCUT2D eigenvalue weighted by Crippen LogP contribution is 1.95. The lowest BCUT2D eigenvalue weighted by Gasteiger charge is -2.01. The third-order valence-corrected chi connectivity index (χ3v) is 1.24. The second-order valence-electron chi connectivity index (χ2n) is 1.67. The Morgan fingerprint density at radius 2 is 1.71 bits per heavy atom. The van der Waals surface area contributed by atoms with E-state index in [-0.39, 0.29) is 0 Å². The molecule has 0 aliphatic rings. The van der Waals surface area contributed by atoms with E-state index in [0.29, 0.717) is 6.92 Å². The molecule has 7 heavy (non-hydrogen) atoms. The van der Waals surface area contributed by atoms with Crippen molar-refractivity contribution in [1.82, 2.24) is 0 Å². The van der Waals surface area contributed by atoms with E-state index in [1.54, 1.807) is 7.11 Å². The van der Waals surface area contributed by atoms with Crippen LogP contribution in [0.25, 0.3) is 0 Å². The Kier molecular flexibility index (Phi) is 4.21. The second-order valence-corrected chi connectivity index (χ2v) is 1.67. The fraction of sp³-hybridized carbons (Fsp3) is 1.00. The van der Waals surface area contributed by atoms with Crippen molar-refractivity contribution in [1.29, 1.82) is 0 Å². The van der Waals surface area contributed by atoms with Gasteiger partial charge >= 0.3 is 0 Å². The highest BCUT2D eigenvalue weighted by atomic mass is 16.4. The monoisotopic (exact) mass is 100 g/mol. The smallest absolute Gasteiger partial charge is 0.292 e. The largest absolute Gasteiger partial charge is 0.439 e. The van der Waals surface area contributed by atoms with Crippen molar-refractivity contribution in [3.05, 3.63) is 0 Å². The molecule has 0 aromatic carbocycles. The van der Waals surface area contributed by atoms with Gasteiger partial charge in [-0.25, -0.2) is 0 Å². The van der Waals surface area contributed by atoms with Crippen LogP contribution in [0.3, 0.4) is 0 Å². The van der Waals surface area contributed by atoms with Crippen molar-refractivity contribution in [2.75, 3.05) is 7.11 Å². The molecule has 0 bridgehead atoms. The van der Waals surface area contributed by atoms with Crippen molar-refractivity contribution in [2.24, 2.45) is 0 Å². The van der Waals surface area contributed by atoms with Gasteiger partial charge in [0.05, 0.1) is 0 Å². The molecule has 0 saturated heterocycles. The van der Waals surface area contributed by atoms with E-state index in [0.717, 1.165) is 12.6 Å². The van der Waals surface area contributed by atoms with Gasteiger partial charge in [-0.1, -0.05) is 26.5 Å². The van der Waals surface area contributed by atoms with Crippen LogP contribution in [0.2, 0.25) is 12.6 Å². The maximum absolute atomic E-state index is 5.05. The molecule has 1 nitrogen and oxygen atoms in total. The third-order valence-electron chi connectivity index (χ3n) is 1.24. The summed E-state index contributed by atoms with van der Waals surface area (Å²) >= 11 is 0. The van der Waals surface area contributed by atoms with Crippen molar-refractivity contribution in [3.63, 3.8) is 0 Å². The van der Waals surface area contributed by atoms with Crippen LogP contribution in [0.4, 0.5) is 0 Å². The van der Waals surface area contributed by atoms with Gasteiger partial charge in [0.25, 0.3) is 6.92 Å². The summed E-state index contributed by atoms with van der Waals surface area (Å²) in [6.07, 6.45) is 2.26. The van der Waals surface area contributed by atoms with E-state index < -0.39 is 0 Å². The molecule has 0 radical (unpaired) electrons. The summed E-state index contributed by atoms with van der Waals surface area (Å²) in [6, 6.07) is 0. The van der Waals surface area contributed by atoms with Gasteiger partial charge in [0.2, 0.25) is 0 Å². The molecule has 0 saturated carbocycles. The zero-order valence-electron chi connectivity index (χ0n) is 5.40. The first-order valence-corrected chi connectivity index (χ1v) is 2.87. The Labute approximate surface area is 46.2 Å². The molecule has 0 aromatic heterocycles. The molecular weight excluding hydrogens is 86.9 g/mol. The van der Waals surface area contributed by atoms with E-state index in [9.17, 15) is 0 Å². The van der Waals surface area contributed by atoms with Crippen molar-refractivity contribution in [2.45, 2.75) is 26.5 Å². The van der Waals surface area contributed by atoms with Crippen molar-refractivity contribution < 1.29 is 4.65 Å². The van der Waals surface area contributed by atoms with Gasteiger partial charge < -0.3 is 4.65 Å². The molecule has 0 rings (SSSR count). The lowest BCUT2D eigenvalue weighted by molar-refractivity contribution is 0.420. The first-order chi connectivity index (χ1) is 3.35. The van der Waals surface area contributed by atoms with Crippen molar-refractivity contribution >= 4 is 6.92 Å². The molecule has 2 heteroatoms. The molecule has 42 valence electrons. The molecule has 0 aliphatic heterocycles. The SMILES string of the molecule is CCB(CC)OC. The highest BCUT2D eigenvalue weighted by Gasteiger charge is 2.04. The summed E-state index contributed by atoms with van der Waals surface area (Å²) in [5.74, 6) is 0. The van der Waals surface area contributed by atoms with Crippen LogP contribution < -0.4 is 0 Å². The second kappa shape index (κ2) is 4.19. The van der Waals surface area contributed by atoms with E-state index in [1.807, 2.05) is 0 Å². The summed E-state index contributed by atoms with van der Waals surface area (Å²) < 4.78 is 5.05.